The van der Waals surface area contributed by atoms with Crippen molar-refractivity contribution in [1.29, 1.82) is 0 Å². The Kier molecular flexibility index (Phi) is 18.3. The van der Waals surface area contributed by atoms with Crippen molar-refractivity contribution < 1.29 is 9.53 Å². The van der Waals surface area contributed by atoms with Gasteiger partial charge in [0.2, 0.25) is 5.91 Å². The van der Waals surface area contributed by atoms with E-state index in [2.05, 4.69) is 13.8 Å². The van der Waals surface area contributed by atoms with Gasteiger partial charge in [-0.2, -0.15) is 0 Å². The van der Waals surface area contributed by atoms with Gasteiger partial charge in [-0.15, -0.1) is 0 Å². The number of hydrogen-bond acceptors (Lipinski definition) is 2. The maximum atomic E-state index is 12.2. The topological polar surface area (TPSA) is 29.5 Å². The standard InChI is InChI=1S/C21H43NO2/c1-4-6-8-10-12-14-16-18-22(21(23)20-24-3)19-17-15-13-11-9-7-5-2/h4-20H2,1-3H3. The third kappa shape index (κ3) is 15.0. The number of carbonyl (C=O) groups is 1. The average Bonchev–Trinajstić information content (AvgIpc) is 2.58. The molecule has 0 radical (unpaired) electrons. The van der Waals surface area contributed by atoms with Crippen LogP contribution < -0.4 is 0 Å². The fourth-order valence-electron chi connectivity index (χ4n) is 3.10. The summed E-state index contributed by atoms with van der Waals surface area (Å²) in [5.74, 6) is 0.162. The van der Waals surface area contributed by atoms with Crippen LogP contribution in [0.15, 0.2) is 0 Å². The van der Waals surface area contributed by atoms with Crippen LogP contribution >= 0.6 is 0 Å². The van der Waals surface area contributed by atoms with Gasteiger partial charge in [0.05, 0.1) is 0 Å². The van der Waals surface area contributed by atoms with Crippen LogP contribution in [-0.2, 0) is 9.53 Å². The van der Waals surface area contributed by atoms with Crippen LogP contribution in [0.25, 0.3) is 0 Å². The predicted octanol–water partition coefficient (Wildman–Crippen LogP) is 5.96. The Bertz CT molecular complexity index is 251. The molecule has 0 bridgehead atoms. The number of unbranched alkanes of at least 4 members (excludes halogenated alkanes) is 12. The molecule has 0 aromatic rings. The van der Waals surface area contributed by atoms with Crippen LogP contribution in [-0.4, -0.2) is 37.6 Å². The van der Waals surface area contributed by atoms with Crippen LogP contribution in [0.4, 0.5) is 0 Å². The minimum atomic E-state index is 0.162. The van der Waals surface area contributed by atoms with Crippen LogP contribution in [0.2, 0.25) is 0 Å². The lowest BCUT2D eigenvalue weighted by Crippen LogP contribution is -2.35. The molecule has 0 saturated heterocycles. The van der Waals surface area contributed by atoms with Crippen molar-refractivity contribution in [2.45, 2.75) is 104 Å². The third-order valence-electron chi connectivity index (χ3n) is 4.68. The molecule has 0 saturated carbocycles. The van der Waals surface area contributed by atoms with Gasteiger partial charge in [0.25, 0.3) is 0 Å². The van der Waals surface area contributed by atoms with E-state index in [0.717, 1.165) is 25.9 Å². The molecule has 0 aromatic carbocycles. The van der Waals surface area contributed by atoms with Crippen LogP contribution in [0.5, 0.6) is 0 Å². The lowest BCUT2D eigenvalue weighted by atomic mass is 10.1. The first kappa shape index (κ1) is 23.4. The molecule has 0 aliphatic carbocycles. The van der Waals surface area contributed by atoms with E-state index in [1.165, 1.54) is 77.0 Å². The lowest BCUT2D eigenvalue weighted by molar-refractivity contribution is -0.135. The Morgan fingerprint density at radius 1 is 0.667 bits per heavy atom. The van der Waals surface area contributed by atoms with Gasteiger partial charge in [0.15, 0.2) is 0 Å². The number of nitrogens with zero attached hydrogens (tertiary/aromatic N) is 1. The van der Waals surface area contributed by atoms with E-state index in [4.69, 9.17) is 4.74 Å². The summed E-state index contributed by atoms with van der Waals surface area (Å²) in [5.41, 5.74) is 0. The van der Waals surface area contributed by atoms with Gasteiger partial charge < -0.3 is 9.64 Å². The van der Waals surface area contributed by atoms with E-state index in [9.17, 15) is 4.79 Å². The lowest BCUT2D eigenvalue weighted by Gasteiger charge is -2.22. The summed E-state index contributed by atoms with van der Waals surface area (Å²) in [4.78, 5) is 14.2. The number of carbonyl (C=O) groups excluding carboxylic acids is 1. The zero-order chi connectivity index (χ0) is 17.9. The molecule has 3 nitrogen and oxygen atoms in total. The largest absolute Gasteiger partial charge is 0.375 e. The first-order valence-corrected chi connectivity index (χ1v) is 10.5. The van der Waals surface area contributed by atoms with Crippen molar-refractivity contribution in [3.05, 3.63) is 0 Å². The van der Waals surface area contributed by atoms with Crippen LogP contribution in [0, 0.1) is 0 Å². The maximum Gasteiger partial charge on any atom is 0.248 e. The minimum Gasteiger partial charge on any atom is -0.375 e. The zero-order valence-electron chi connectivity index (χ0n) is 16.8. The van der Waals surface area contributed by atoms with Crippen molar-refractivity contribution in [3.8, 4) is 0 Å². The molecule has 0 fully saturated rings. The molecule has 0 rings (SSSR count). The molecule has 24 heavy (non-hydrogen) atoms. The molecule has 0 heterocycles. The Balaban J connectivity index is 3.79. The van der Waals surface area contributed by atoms with Crippen molar-refractivity contribution in [2.75, 3.05) is 26.8 Å². The van der Waals surface area contributed by atoms with Gasteiger partial charge in [-0.05, 0) is 12.8 Å². The summed E-state index contributed by atoms with van der Waals surface area (Å²) >= 11 is 0. The van der Waals surface area contributed by atoms with Crippen LogP contribution in [0.3, 0.4) is 0 Å². The Morgan fingerprint density at radius 3 is 1.42 bits per heavy atom. The predicted molar refractivity (Wildman–Crippen MR) is 104 cm³/mol. The zero-order valence-corrected chi connectivity index (χ0v) is 16.8. The highest BCUT2D eigenvalue weighted by atomic mass is 16.5. The monoisotopic (exact) mass is 341 g/mol. The molecular weight excluding hydrogens is 298 g/mol. The van der Waals surface area contributed by atoms with E-state index in [1.807, 2.05) is 4.90 Å². The molecule has 144 valence electrons. The molecule has 0 unspecified atom stereocenters. The van der Waals surface area contributed by atoms with Crippen molar-refractivity contribution in [3.63, 3.8) is 0 Å². The second-order valence-corrected chi connectivity index (χ2v) is 7.06. The van der Waals surface area contributed by atoms with E-state index in [-0.39, 0.29) is 12.5 Å². The number of hydrogen-bond donors (Lipinski definition) is 0. The maximum absolute atomic E-state index is 12.2. The van der Waals surface area contributed by atoms with E-state index in [1.54, 1.807) is 7.11 Å². The second-order valence-electron chi connectivity index (χ2n) is 7.06. The number of ether oxygens (including phenoxy) is 1. The highest BCUT2D eigenvalue weighted by Crippen LogP contribution is 2.10. The normalized spacial score (nSPS) is 11.0. The van der Waals surface area contributed by atoms with Gasteiger partial charge in [-0.3, -0.25) is 4.79 Å². The molecule has 0 N–H and O–H groups in total. The summed E-state index contributed by atoms with van der Waals surface area (Å²) in [6, 6.07) is 0. The molecule has 1 amide bonds. The third-order valence-corrected chi connectivity index (χ3v) is 4.68. The summed E-state index contributed by atoms with van der Waals surface area (Å²) in [5, 5.41) is 0. The summed E-state index contributed by atoms with van der Waals surface area (Å²) in [7, 11) is 1.61. The molecule has 0 aromatic heterocycles. The molecule has 3 heteroatoms. The molecule has 0 atom stereocenters. The van der Waals surface area contributed by atoms with Crippen molar-refractivity contribution in [1.82, 2.24) is 4.90 Å². The highest BCUT2D eigenvalue weighted by Gasteiger charge is 2.12. The van der Waals surface area contributed by atoms with E-state index in [0.29, 0.717) is 0 Å². The molecule has 0 spiro atoms. The molecule has 0 aliphatic heterocycles. The Hall–Kier alpha value is -0.570. The quantitative estimate of drug-likeness (QED) is 0.288. The first-order chi connectivity index (χ1) is 11.8. The summed E-state index contributed by atoms with van der Waals surface area (Å²) in [6.07, 6.45) is 18.1. The number of rotatable bonds is 18. The van der Waals surface area contributed by atoms with E-state index >= 15 is 0 Å². The first-order valence-electron chi connectivity index (χ1n) is 10.5. The fraction of sp³-hybridized carbons (Fsp3) is 0.952. The Labute approximate surface area is 151 Å². The number of amides is 1. The van der Waals surface area contributed by atoms with Crippen molar-refractivity contribution in [2.24, 2.45) is 0 Å². The second kappa shape index (κ2) is 18.8. The summed E-state index contributed by atoms with van der Waals surface area (Å²) in [6.45, 7) is 6.55. The Morgan fingerprint density at radius 2 is 1.04 bits per heavy atom. The average molecular weight is 342 g/mol. The van der Waals surface area contributed by atoms with Crippen molar-refractivity contribution >= 4 is 5.91 Å². The van der Waals surface area contributed by atoms with Gasteiger partial charge in [-0.25, -0.2) is 0 Å². The fourth-order valence-corrected chi connectivity index (χ4v) is 3.10. The summed E-state index contributed by atoms with van der Waals surface area (Å²) < 4.78 is 5.04. The number of methoxy groups -OCH3 is 1. The van der Waals surface area contributed by atoms with Gasteiger partial charge in [0.1, 0.15) is 6.61 Å². The van der Waals surface area contributed by atoms with Crippen LogP contribution in [0.1, 0.15) is 104 Å². The van der Waals surface area contributed by atoms with E-state index < -0.39 is 0 Å². The molecule has 0 aliphatic rings. The molecular formula is C21H43NO2. The SMILES string of the molecule is CCCCCCCCCN(CCCCCCCCC)C(=O)COC. The highest BCUT2D eigenvalue weighted by molar-refractivity contribution is 5.77. The van der Waals surface area contributed by atoms with Gasteiger partial charge >= 0.3 is 0 Å². The smallest absolute Gasteiger partial charge is 0.248 e. The van der Waals surface area contributed by atoms with Gasteiger partial charge in [0, 0.05) is 20.2 Å². The van der Waals surface area contributed by atoms with Gasteiger partial charge in [-0.1, -0.05) is 90.9 Å². The minimum absolute atomic E-state index is 0.162.